The molecule has 2 unspecified atom stereocenters. The van der Waals surface area contributed by atoms with Gasteiger partial charge in [-0.05, 0) is 46.7 Å². The summed E-state index contributed by atoms with van der Waals surface area (Å²) in [7, 11) is 0. The molecule has 0 aromatic rings. The topological polar surface area (TPSA) is 100 Å². The van der Waals surface area contributed by atoms with E-state index >= 15 is 0 Å². The second kappa shape index (κ2) is 9.58. The van der Waals surface area contributed by atoms with E-state index in [9.17, 15) is 14.4 Å². The summed E-state index contributed by atoms with van der Waals surface area (Å²) in [5, 5.41) is 5.36. The van der Waals surface area contributed by atoms with Gasteiger partial charge in [-0.3, -0.25) is 9.69 Å². The molecule has 2 N–H and O–H groups in total. The Kier molecular flexibility index (Phi) is 7.13. The second-order valence-electron chi connectivity index (χ2n) is 8.04. The number of ether oxygens (including phenoxy) is 2. The maximum Gasteiger partial charge on any atom is 0.337 e. The number of hydrogen-bond acceptors (Lipinski definition) is 6. The standard InChI is InChI=1S/C20H32N4O5/c1-4-28-19(26)16-9-21-20(27)22-17(16)12-23-7-5-15(6-8-23)18(25)24-10-13(2)29-14(3)11-24/h13-15H,4-12H2,1-3H3,(H2,21,22,27). The van der Waals surface area contributed by atoms with Crippen molar-refractivity contribution < 1.29 is 23.9 Å². The largest absolute Gasteiger partial charge is 0.463 e. The van der Waals surface area contributed by atoms with Crippen LogP contribution in [0, 0.1) is 5.92 Å². The molecule has 0 spiro atoms. The summed E-state index contributed by atoms with van der Waals surface area (Å²) in [4.78, 5) is 40.9. The van der Waals surface area contributed by atoms with E-state index in [1.807, 2.05) is 18.7 Å². The van der Waals surface area contributed by atoms with Gasteiger partial charge in [0.2, 0.25) is 5.91 Å². The van der Waals surface area contributed by atoms with Crippen LogP contribution in [0.4, 0.5) is 4.79 Å². The molecule has 0 bridgehead atoms. The molecule has 3 rings (SSSR count). The first-order valence-electron chi connectivity index (χ1n) is 10.5. The number of likely N-dealkylation sites (tertiary alicyclic amines) is 1. The molecule has 29 heavy (non-hydrogen) atoms. The van der Waals surface area contributed by atoms with Crippen LogP contribution < -0.4 is 10.6 Å². The van der Waals surface area contributed by atoms with Crippen molar-refractivity contribution in [1.82, 2.24) is 20.4 Å². The van der Waals surface area contributed by atoms with Gasteiger partial charge in [0.15, 0.2) is 0 Å². The van der Waals surface area contributed by atoms with E-state index in [1.54, 1.807) is 6.92 Å². The molecule has 3 aliphatic rings. The minimum atomic E-state index is -0.407. The molecule has 3 heterocycles. The van der Waals surface area contributed by atoms with Crippen LogP contribution in [0.2, 0.25) is 0 Å². The van der Waals surface area contributed by atoms with E-state index in [0.717, 1.165) is 25.9 Å². The van der Waals surface area contributed by atoms with Crippen molar-refractivity contribution in [3.63, 3.8) is 0 Å². The molecule has 2 saturated heterocycles. The van der Waals surface area contributed by atoms with Crippen LogP contribution in [0.5, 0.6) is 0 Å². The lowest BCUT2D eigenvalue weighted by Gasteiger charge is -2.39. The predicted octanol–water partition coefficient (Wildman–Crippen LogP) is 0.464. The number of nitrogens with one attached hydrogen (secondary N) is 2. The number of hydrogen-bond donors (Lipinski definition) is 2. The highest BCUT2D eigenvalue weighted by molar-refractivity contribution is 5.93. The molecule has 3 amide bonds. The number of piperidine rings is 1. The van der Waals surface area contributed by atoms with Crippen molar-refractivity contribution in [2.75, 3.05) is 45.9 Å². The number of morpholine rings is 1. The first kappa shape index (κ1) is 21.6. The highest BCUT2D eigenvalue weighted by atomic mass is 16.5. The van der Waals surface area contributed by atoms with Crippen molar-refractivity contribution in [1.29, 1.82) is 0 Å². The molecule has 162 valence electrons. The normalized spacial score (nSPS) is 26.7. The summed E-state index contributed by atoms with van der Waals surface area (Å²) < 4.78 is 10.8. The predicted molar refractivity (Wildman–Crippen MR) is 106 cm³/mol. The van der Waals surface area contributed by atoms with E-state index < -0.39 is 5.97 Å². The van der Waals surface area contributed by atoms with Crippen molar-refractivity contribution in [2.24, 2.45) is 5.92 Å². The molecular weight excluding hydrogens is 376 g/mol. The molecule has 2 fully saturated rings. The van der Waals surface area contributed by atoms with Gasteiger partial charge >= 0.3 is 12.0 Å². The molecule has 0 saturated carbocycles. The maximum absolute atomic E-state index is 12.9. The number of nitrogens with zero attached hydrogens (tertiary/aromatic N) is 2. The fourth-order valence-corrected chi connectivity index (χ4v) is 4.26. The molecule has 3 aliphatic heterocycles. The third kappa shape index (κ3) is 5.48. The Labute approximate surface area is 171 Å². The fourth-order valence-electron chi connectivity index (χ4n) is 4.26. The Morgan fingerprint density at radius 1 is 1.17 bits per heavy atom. The van der Waals surface area contributed by atoms with Gasteiger partial charge in [-0.15, -0.1) is 0 Å². The zero-order valence-corrected chi connectivity index (χ0v) is 17.5. The van der Waals surface area contributed by atoms with Crippen LogP contribution >= 0.6 is 0 Å². The summed E-state index contributed by atoms with van der Waals surface area (Å²) in [5.74, 6) is -0.172. The minimum Gasteiger partial charge on any atom is -0.463 e. The summed E-state index contributed by atoms with van der Waals surface area (Å²) in [6.07, 6.45) is 1.68. The van der Waals surface area contributed by atoms with Gasteiger partial charge in [-0.2, -0.15) is 0 Å². The molecule has 9 heteroatoms. The lowest BCUT2D eigenvalue weighted by molar-refractivity contribution is -0.148. The Bertz CT molecular complexity index is 662. The molecule has 0 aliphatic carbocycles. The molecule has 0 aromatic carbocycles. The van der Waals surface area contributed by atoms with Gasteiger partial charge in [-0.25, -0.2) is 9.59 Å². The SMILES string of the molecule is CCOC(=O)C1=C(CN2CCC(C(=O)N3CC(C)OC(C)C3)CC2)NC(=O)NC1. The number of carbonyl (C=O) groups is 3. The summed E-state index contributed by atoms with van der Waals surface area (Å²) in [6, 6.07) is -0.311. The number of rotatable bonds is 5. The molecule has 0 radical (unpaired) electrons. The van der Waals surface area contributed by atoms with Gasteiger partial charge < -0.3 is 25.0 Å². The maximum atomic E-state index is 12.9. The Hall–Kier alpha value is -2.13. The van der Waals surface area contributed by atoms with Crippen LogP contribution in [0.3, 0.4) is 0 Å². The van der Waals surface area contributed by atoms with Gasteiger partial charge in [-0.1, -0.05) is 0 Å². The molecule has 2 atom stereocenters. The lowest BCUT2D eigenvalue weighted by Crippen LogP contribution is -2.52. The van der Waals surface area contributed by atoms with Crippen molar-refractivity contribution in [3.8, 4) is 0 Å². The molecular formula is C20H32N4O5. The third-order valence-electron chi connectivity index (χ3n) is 5.63. The van der Waals surface area contributed by atoms with Crippen LogP contribution in [0.25, 0.3) is 0 Å². The number of carbonyl (C=O) groups excluding carboxylic acids is 3. The number of esters is 1. The van der Waals surface area contributed by atoms with E-state index in [4.69, 9.17) is 9.47 Å². The zero-order chi connectivity index (χ0) is 21.0. The average molecular weight is 408 g/mol. The molecule has 9 nitrogen and oxygen atoms in total. The Morgan fingerprint density at radius 3 is 2.45 bits per heavy atom. The van der Waals surface area contributed by atoms with Gasteiger partial charge in [0.05, 0.1) is 30.9 Å². The van der Waals surface area contributed by atoms with Gasteiger partial charge in [0, 0.05) is 31.2 Å². The van der Waals surface area contributed by atoms with Gasteiger partial charge in [0.25, 0.3) is 0 Å². The van der Waals surface area contributed by atoms with E-state index in [1.165, 1.54) is 0 Å². The van der Waals surface area contributed by atoms with Crippen LogP contribution in [0.1, 0.15) is 33.6 Å². The second-order valence-corrected chi connectivity index (χ2v) is 8.04. The highest BCUT2D eigenvalue weighted by Gasteiger charge is 2.33. The van der Waals surface area contributed by atoms with E-state index in [0.29, 0.717) is 30.9 Å². The first-order valence-corrected chi connectivity index (χ1v) is 10.5. The lowest BCUT2D eigenvalue weighted by atomic mass is 9.94. The summed E-state index contributed by atoms with van der Waals surface area (Å²) >= 11 is 0. The van der Waals surface area contributed by atoms with Crippen molar-refractivity contribution >= 4 is 17.9 Å². The summed E-state index contributed by atoms with van der Waals surface area (Å²) in [6.45, 7) is 9.47. The zero-order valence-electron chi connectivity index (χ0n) is 17.5. The smallest absolute Gasteiger partial charge is 0.337 e. The number of amides is 3. The molecule has 0 aromatic heterocycles. The highest BCUT2D eigenvalue weighted by Crippen LogP contribution is 2.23. The first-order chi connectivity index (χ1) is 13.9. The van der Waals surface area contributed by atoms with Crippen molar-refractivity contribution in [3.05, 3.63) is 11.3 Å². The minimum absolute atomic E-state index is 0.0184. The van der Waals surface area contributed by atoms with Crippen molar-refractivity contribution in [2.45, 2.75) is 45.8 Å². The third-order valence-corrected chi connectivity index (χ3v) is 5.63. The Morgan fingerprint density at radius 2 is 1.83 bits per heavy atom. The summed E-state index contributed by atoms with van der Waals surface area (Å²) in [5.41, 5.74) is 1.05. The van der Waals surface area contributed by atoms with Crippen LogP contribution in [-0.2, 0) is 19.1 Å². The van der Waals surface area contributed by atoms with Crippen LogP contribution in [0.15, 0.2) is 11.3 Å². The van der Waals surface area contributed by atoms with Crippen LogP contribution in [-0.4, -0.2) is 85.8 Å². The monoisotopic (exact) mass is 408 g/mol. The Balaban J connectivity index is 1.56. The quantitative estimate of drug-likeness (QED) is 0.642. The fraction of sp³-hybridized carbons (Fsp3) is 0.750. The van der Waals surface area contributed by atoms with Gasteiger partial charge in [0.1, 0.15) is 0 Å². The number of urea groups is 1. The average Bonchev–Trinajstić information content (AvgIpc) is 2.67. The van der Waals surface area contributed by atoms with E-state index in [-0.39, 0.29) is 43.2 Å². The van der Waals surface area contributed by atoms with E-state index in [2.05, 4.69) is 15.5 Å².